The van der Waals surface area contributed by atoms with E-state index in [-0.39, 0.29) is 5.82 Å². The quantitative estimate of drug-likeness (QED) is 0.887. The molecular formula is C14H18BrFN4. The number of aryl methyl sites for hydroxylation is 3. The topological polar surface area (TPSA) is 55.9 Å². The first-order valence-corrected chi connectivity index (χ1v) is 7.27. The number of halogens is 2. The second-order valence-corrected chi connectivity index (χ2v) is 5.64. The molecule has 0 amide bonds. The predicted molar refractivity (Wildman–Crippen MR) is 83.7 cm³/mol. The summed E-state index contributed by atoms with van der Waals surface area (Å²) in [6.07, 6.45) is 1.83. The van der Waals surface area contributed by atoms with Crippen LogP contribution in [0.1, 0.15) is 24.6 Å². The number of nitrogens with zero attached hydrogens (tertiary/aromatic N) is 2. The van der Waals surface area contributed by atoms with E-state index >= 15 is 0 Å². The molecule has 6 heteroatoms. The van der Waals surface area contributed by atoms with E-state index in [1.807, 2.05) is 14.0 Å². The van der Waals surface area contributed by atoms with Gasteiger partial charge in [-0.15, -0.1) is 0 Å². The average Bonchev–Trinajstić information content (AvgIpc) is 2.64. The van der Waals surface area contributed by atoms with E-state index in [1.165, 1.54) is 6.07 Å². The van der Waals surface area contributed by atoms with Gasteiger partial charge in [-0.2, -0.15) is 5.10 Å². The zero-order valence-corrected chi connectivity index (χ0v) is 13.4. The number of rotatable bonds is 4. The highest BCUT2D eigenvalue weighted by Crippen LogP contribution is 2.30. The van der Waals surface area contributed by atoms with Gasteiger partial charge in [0.05, 0.1) is 15.9 Å². The van der Waals surface area contributed by atoms with Crippen molar-refractivity contribution >= 4 is 33.1 Å². The Kier molecular flexibility index (Phi) is 4.32. The van der Waals surface area contributed by atoms with Gasteiger partial charge < -0.3 is 11.1 Å². The summed E-state index contributed by atoms with van der Waals surface area (Å²) in [4.78, 5) is 0. The van der Waals surface area contributed by atoms with Crippen LogP contribution >= 0.6 is 15.9 Å². The summed E-state index contributed by atoms with van der Waals surface area (Å²) in [5.74, 6) is 0.452. The maximum Gasteiger partial charge on any atom is 0.152 e. The highest BCUT2D eigenvalue weighted by molar-refractivity contribution is 9.10. The summed E-state index contributed by atoms with van der Waals surface area (Å²) in [5, 5.41) is 7.64. The van der Waals surface area contributed by atoms with Gasteiger partial charge in [0.2, 0.25) is 0 Å². The zero-order valence-electron chi connectivity index (χ0n) is 11.8. The molecule has 108 valence electrons. The molecule has 1 aromatic carbocycles. The molecule has 0 atom stereocenters. The second-order valence-electron chi connectivity index (χ2n) is 4.79. The SMILES string of the molecule is CCCc1nn(C)c(Nc2cc(Br)c(F)cc2C)c1N. The summed E-state index contributed by atoms with van der Waals surface area (Å²) in [6.45, 7) is 3.93. The standard InChI is InChI=1S/C14H18BrFN4/c1-4-5-11-13(17)14(20(3)19-11)18-12-7-9(15)10(16)6-8(12)2/h6-7,18H,4-5,17H2,1-3H3. The fourth-order valence-electron chi connectivity index (χ4n) is 2.07. The van der Waals surface area contributed by atoms with Gasteiger partial charge in [0.15, 0.2) is 5.82 Å². The molecule has 0 unspecified atom stereocenters. The maximum atomic E-state index is 13.4. The zero-order chi connectivity index (χ0) is 14.9. The minimum Gasteiger partial charge on any atom is -0.394 e. The Labute approximate surface area is 126 Å². The molecule has 0 spiro atoms. The van der Waals surface area contributed by atoms with E-state index in [0.29, 0.717) is 10.2 Å². The molecule has 1 heterocycles. The van der Waals surface area contributed by atoms with Crippen molar-refractivity contribution in [1.29, 1.82) is 0 Å². The van der Waals surface area contributed by atoms with Crippen LogP contribution in [0.3, 0.4) is 0 Å². The van der Waals surface area contributed by atoms with Gasteiger partial charge in [-0.25, -0.2) is 4.39 Å². The van der Waals surface area contributed by atoms with Crippen molar-refractivity contribution in [3.8, 4) is 0 Å². The third-order valence-electron chi connectivity index (χ3n) is 3.17. The maximum absolute atomic E-state index is 13.4. The van der Waals surface area contributed by atoms with Crippen LogP contribution in [0, 0.1) is 12.7 Å². The lowest BCUT2D eigenvalue weighted by Gasteiger charge is -2.11. The molecule has 0 aliphatic carbocycles. The van der Waals surface area contributed by atoms with Gasteiger partial charge in [0, 0.05) is 12.7 Å². The smallest absolute Gasteiger partial charge is 0.152 e. The molecular weight excluding hydrogens is 323 g/mol. The highest BCUT2D eigenvalue weighted by atomic mass is 79.9. The summed E-state index contributed by atoms with van der Waals surface area (Å²) in [7, 11) is 1.84. The minimum absolute atomic E-state index is 0.280. The minimum atomic E-state index is -0.280. The Hall–Kier alpha value is -1.56. The molecule has 0 saturated heterocycles. The lowest BCUT2D eigenvalue weighted by molar-refractivity contribution is 0.620. The normalized spacial score (nSPS) is 10.8. The van der Waals surface area contributed by atoms with Gasteiger partial charge in [0.1, 0.15) is 5.82 Å². The fraction of sp³-hybridized carbons (Fsp3) is 0.357. The lowest BCUT2D eigenvalue weighted by atomic mass is 10.2. The van der Waals surface area contributed by atoms with Crippen molar-refractivity contribution < 1.29 is 4.39 Å². The molecule has 2 rings (SSSR count). The number of nitrogen functional groups attached to an aromatic ring is 1. The number of hydrogen-bond donors (Lipinski definition) is 2. The van der Waals surface area contributed by atoms with Gasteiger partial charge in [-0.1, -0.05) is 13.3 Å². The molecule has 0 fully saturated rings. The molecule has 0 aliphatic heterocycles. The van der Waals surface area contributed by atoms with Crippen LogP contribution < -0.4 is 11.1 Å². The molecule has 3 N–H and O–H groups in total. The van der Waals surface area contributed by atoms with Crippen molar-refractivity contribution in [2.24, 2.45) is 7.05 Å². The van der Waals surface area contributed by atoms with E-state index in [0.717, 1.165) is 35.6 Å². The Morgan fingerprint density at radius 2 is 2.15 bits per heavy atom. The predicted octanol–water partition coefficient (Wildman–Crippen LogP) is 3.91. The first-order chi connectivity index (χ1) is 9.43. The van der Waals surface area contributed by atoms with Crippen molar-refractivity contribution in [3.63, 3.8) is 0 Å². The highest BCUT2D eigenvalue weighted by Gasteiger charge is 2.14. The summed E-state index contributed by atoms with van der Waals surface area (Å²) < 4.78 is 15.6. The third-order valence-corrected chi connectivity index (χ3v) is 3.78. The van der Waals surface area contributed by atoms with Crippen LogP contribution in [-0.4, -0.2) is 9.78 Å². The van der Waals surface area contributed by atoms with Gasteiger partial charge in [-0.3, -0.25) is 4.68 Å². The Balaban J connectivity index is 2.37. The van der Waals surface area contributed by atoms with E-state index in [4.69, 9.17) is 5.73 Å². The molecule has 0 radical (unpaired) electrons. The van der Waals surface area contributed by atoms with E-state index in [1.54, 1.807) is 10.7 Å². The summed E-state index contributed by atoms with van der Waals surface area (Å²) >= 11 is 3.19. The largest absolute Gasteiger partial charge is 0.394 e. The number of nitrogens with one attached hydrogen (secondary N) is 1. The molecule has 1 aromatic heterocycles. The Morgan fingerprint density at radius 1 is 1.45 bits per heavy atom. The lowest BCUT2D eigenvalue weighted by Crippen LogP contribution is -2.03. The summed E-state index contributed by atoms with van der Waals surface area (Å²) in [6, 6.07) is 3.18. The number of nitrogens with two attached hydrogens (primary N) is 1. The first-order valence-electron chi connectivity index (χ1n) is 6.48. The van der Waals surface area contributed by atoms with Gasteiger partial charge in [0.25, 0.3) is 0 Å². The van der Waals surface area contributed by atoms with Crippen LogP contribution in [0.25, 0.3) is 0 Å². The van der Waals surface area contributed by atoms with Crippen LogP contribution in [0.2, 0.25) is 0 Å². The van der Waals surface area contributed by atoms with E-state index in [2.05, 4.69) is 33.3 Å². The molecule has 4 nitrogen and oxygen atoms in total. The Morgan fingerprint density at radius 3 is 2.80 bits per heavy atom. The molecule has 20 heavy (non-hydrogen) atoms. The van der Waals surface area contributed by atoms with Crippen LogP contribution in [0.15, 0.2) is 16.6 Å². The fourth-order valence-corrected chi connectivity index (χ4v) is 2.42. The van der Waals surface area contributed by atoms with E-state index < -0.39 is 0 Å². The Bertz CT molecular complexity index is 637. The molecule has 0 saturated carbocycles. The average molecular weight is 341 g/mol. The number of anilines is 3. The van der Waals surface area contributed by atoms with Gasteiger partial charge in [-0.05, 0) is 47.0 Å². The summed E-state index contributed by atoms with van der Waals surface area (Å²) in [5.41, 5.74) is 9.27. The first kappa shape index (κ1) is 14.8. The number of aromatic nitrogens is 2. The second kappa shape index (κ2) is 5.83. The molecule has 2 aromatic rings. The van der Waals surface area contributed by atoms with E-state index in [9.17, 15) is 4.39 Å². The van der Waals surface area contributed by atoms with Crippen molar-refractivity contribution in [1.82, 2.24) is 9.78 Å². The molecule has 0 aliphatic rings. The van der Waals surface area contributed by atoms with Crippen LogP contribution in [-0.2, 0) is 13.5 Å². The monoisotopic (exact) mass is 340 g/mol. The number of hydrogen-bond acceptors (Lipinski definition) is 3. The van der Waals surface area contributed by atoms with Crippen molar-refractivity contribution in [2.75, 3.05) is 11.1 Å². The molecule has 0 bridgehead atoms. The van der Waals surface area contributed by atoms with Crippen LogP contribution in [0.5, 0.6) is 0 Å². The van der Waals surface area contributed by atoms with Crippen LogP contribution in [0.4, 0.5) is 21.6 Å². The van der Waals surface area contributed by atoms with Gasteiger partial charge >= 0.3 is 0 Å². The number of benzene rings is 1. The van der Waals surface area contributed by atoms with Crippen molar-refractivity contribution in [3.05, 3.63) is 33.7 Å². The van der Waals surface area contributed by atoms with Crippen molar-refractivity contribution in [2.45, 2.75) is 26.7 Å². The third kappa shape index (κ3) is 2.80.